The maximum Gasteiger partial charge on any atom is 0.122 e. The molecule has 1 aromatic carbocycles. The molecule has 0 bridgehead atoms. The van der Waals surface area contributed by atoms with Crippen molar-refractivity contribution in [1.82, 2.24) is 0 Å². The third-order valence-corrected chi connectivity index (χ3v) is 4.07. The second-order valence-corrected chi connectivity index (χ2v) is 6.22. The monoisotopic (exact) mass is 294 g/mol. The van der Waals surface area contributed by atoms with E-state index >= 15 is 0 Å². The molecular weight excluding hydrogens is 264 g/mol. The first-order valence-electron chi connectivity index (χ1n) is 7.94. The molecule has 3 heteroatoms. The van der Waals surface area contributed by atoms with Gasteiger partial charge in [-0.3, -0.25) is 0 Å². The van der Waals surface area contributed by atoms with Gasteiger partial charge in [0.2, 0.25) is 0 Å². The van der Waals surface area contributed by atoms with E-state index in [4.69, 9.17) is 4.74 Å². The van der Waals surface area contributed by atoms with Crippen LogP contribution in [0, 0.1) is 0 Å². The lowest BCUT2D eigenvalue weighted by Crippen LogP contribution is -2.27. The molecule has 0 aromatic heterocycles. The molecule has 0 amide bonds. The van der Waals surface area contributed by atoms with Crippen LogP contribution in [-0.4, -0.2) is 29.5 Å². The summed E-state index contributed by atoms with van der Waals surface area (Å²) in [7, 11) is 1.69. The summed E-state index contributed by atoms with van der Waals surface area (Å²) < 4.78 is 5.40. The minimum absolute atomic E-state index is 0.204. The lowest BCUT2D eigenvalue weighted by atomic mass is 9.89. The number of aliphatic hydroxyl groups is 2. The zero-order valence-corrected chi connectivity index (χ0v) is 14.0. The van der Waals surface area contributed by atoms with Crippen molar-refractivity contribution in [3.63, 3.8) is 0 Å². The van der Waals surface area contributed by atoms with Gasteiger partial charge in [0.05, 0.1) is 19.3 Å². The van der Waals surface area contributed by atoms with E-state index in [2.05, 4.69) is 26.8 Å². The number of aliphatic hydroxyl groups excluding tert-OH is 2. The molecule has 0 fully saturated rings. The lowest BCUT2D eigenvalue weighted by Gasteiger charge is -2.22. The van der Waals surface area contributed by atoms with Crippen molar-refractivity contribution in [3.05, 3.63) is 29.3 Å². The van der Waals surface area contributed by atoms with Crippen molar-refractivity contribution in [2.45, 2.75) is 71.0 Å². The fourth-order valence-electron chi connectivity index (χ4n) is 2.65. The van der Waals surface area contributed by atoms with Crippen molar-refractivity contribution in [2.24, 2.45) is 0 Å². The molecule has 0 radical (unpaired) electrons. The van der Waals surface area contributed by atoms with E-state index in [1.54, 1.807) is 7.11 Å². The first-order valence-corrected chi connectivity index (χ1v) is 7.94. The zero-order chi connectivity index (χ0) is 16.0. The Bertz CT molecular complexity index is 428. The molecule has 120 valence electrons. The normalized spacial score (nSPS) is 15.8. The lowest BCUT2D eigenvalue weighted by molar-refractivity contribution is 0.00637. The third-order valence-electron chi connectivity index (χ3n) is 4.07. The van der Waals surface area contributed by atoms with E-state index in [-0.39, 0.29) is 5.92 Å². The Kier molecular flexibility index (Phi) is 7.20. The standard InChI is InChI=1S/C18H30O3/c1-6-7-16(19)17(20)10-13(4)14-8-9-18(21-5)15(11-14)12(2)3/h8-9,11-13,16-17,19-20H,6-7,10H2,1-5H3. The number of hydrogen-bond acceptors (Lipinski definition) is 3. The number of benzene rings is 1. The Morgan fingerprint density at radius 3 is 2.29 bits per heavy atom. The van der Waals surface area contributed by atoms with Crippen LogP contribution in [-0.2, 0) is 0 Å². The van der Waals surface area contributed by atoms with E-state index in [0.717, 1.165) is 12.2 Å². The molecule has 0 heterocycles. The van der Waals surface area contributed by atoms with E-state index in [1.807, 2.05) is 19.1 Å². The van der Waals surface area contributed by atoms with Crippen molar-refractivity contribution >= 4 is 0 Å². The Labute approximate surface area is 129 Å². The molecule has 0 aliphatic rings. The average Bonchev–Trinajstić information content (AvgIpc) is 2.46. The predicted octanol–water partition coefficient (Wildman–Crippen LogP) is 3.83. The van der Waals surface area contributed by atoms with Crippen LogP contribution in [0.1, 0.15) is 69.9 Å². The van der Waals surface area contributed by atoms with E-state index in [1.165, 1.54) is 11.1 Å². The van der Waals surface area contributed by atoms with Gasteiger partial charge in [0.1, 0.15) is 5.75 Å². The number of ether oxygens (including phenoxy) is 1. The smallest absolute Gasteiger partial charge is 0.122 e. The van der Waals surface area contributed by atoms with Crippen LogP contribution < -0.4 is 4.74 Å². The SMILES string of the molecule is CCCC(O)C(O)CC(C)c1ccc(OC)c(C(C)C)c1. The van der Waals surface area contributed by atoms with Gasteiger partial charge in [0, 0.05) is 0 Å². The van der Waals surface area contributed by atoms with Gasteiger partial charge in [-0.25, -0.2) is 0 Å². The summed E-state index contributed by atoms with van der Waals surface area (Å²) in [6.07, 6.45) is 0.815. The predicted molar refractivity (Wildman–Crippen MR) is 87.0 cm³/mol. The summed E-state index contributed by atoms with van der Waals surface area (Å²) >= 11 is 0. The Morgan fingerprint density at radius 1 is 1.10 bits per heavy atom. The van der Waals surface area contributed by atoms with Gasteiger partial charge < -0.3 is 14.9 Å². The molecule has 1 aromatic rings. The molecular formula is C18H30O3. The summed E-state index contributed by atoms with van der Waals surface area (Å²) in [6.45, 7) is 8.39. The summed E-state index contributed by atoms with van der Waals surface area (Å²) in [5.74, 6) is 1.50. The van der Waals surface area contributed by atoms with E-state index in [0.29, 0.717) is 18.8 Å². The molecule has 0 saturated carbocycles. The topological polar surface area (TPSA) is 49.7 Å². The van der Waals surface area contributed by atoms with Gasteiger partial charge in [0.15, 0.2) is 0 Å². The largest absolute Gasteiger partial charge is 0.496 e. The molecule has 3 atom stereocenters. The van der Waals surface area contributed by atoms with E-state index in [9.17, 15) is 10.2 Å². The molecule has 0 aliphatic heterocycles. The van der Waals surface area contributed by atoms with Crippen LogP contribution in [0.4, 0.5) is 0 Å². The summed E-state index contributed by atoms with van der Waals surface area (Å²) in [4.78, 5) is 0. The van der Waals surface area contributed by atoms with Gasteiger partial charge in [-0.2, -0.15) is 0 Å². The van der Waals surface area contributed by atoms with Gasteiger partial charge in [-0.1, -0.05) is 46.2 Å². The fourth-order valence-corrected chi connectivity index (χ4v) is 2.65. The second kappa shape index (κ2) is 8.40. The molecule has 3 unspecified atom stereocenters. The summed E-state index contributed by atoms with van der Waals surface area (Å²) in [5, 5.41) is 20.0. The van der Waals surface area contributed by atoms with Gasteiger partial charge in [-0.05, 0) is 41.9 Å². The van der Waals surface area contributed by atoms with Gasteiger partial charge in [0.25, 0.3) is 0 Å². The van der Waals surface area contributed by atoms with Crippen LogP contribution in [0.25, 0.3) is 0 Å². The quantitative estimate of drug-likeness (QED) is 0.766. The Morgan fingerprint density at radius 2 is 1.76 bits per heavy atom. The maximum absolute atomic E-state index is 10.1. The Hall–Kier alpha value is -1.06. The summed E-state index contributed by atoms with van der Waals surface area (Å²) in [6, 6.07) is 6.21. The molecule has 3 nitrogen and oxygen atoms in total. The number of hydrogen-bond donors (Lipinski definition) is 2. The highest BCUT2D eigenvalue weighted by Gasteiger charge is 2.20. The highest BCUT2D eigenvalue weighted by atomic mass is 16.5. The molecule has 2 N–H and O–H groups in total. The van der Waals surface area contributed by atoms with E-state index < -0.39 is 12.2 Å². The van der Waals surface area contributed by atoms with Crippen molar-refractivity contribution in [3.8, 4) is 5.75 Å². The fraction of sp³-hybridized carbons (Fsp3) is 0.667. The molecule has 0 spiro atoms. The Balaban J connectivity index is 2.83. The van der Waals surface area contributed by atoms with Crippen LogP contribution in [0.3, 0.4) is 0 Å². The van der Waals surface area contributed by atoms with Crippen molar-refractivity contribution in [1.29, 1.82) is 0 Å². The number of methoxy groups -OCH3 is 1. The van der Waals surface area contributed by atoms with Crippen molar-refractivity contribution < 1.29 is 14.9 Å². The highest BCUT2D eigenvalue weighted by Crippen LogP contribution is 2.31. The van der Waals surface area contributed by atoms with Crippen LogP contribution in [0.15, 0.2) is 18.2 Å². The number of rotatable bonds is 8. The second-order valence-electron chi connectivity index (χ2n) is 6.22. The molecule has 21 heavy (non-hydrogen) atoms. The van der Waals surface area contributed by atoms with Gasteiger partial charge in [-0.15, -0.1) is 0 Å². The first-order chi connectivity index (χ1) is 9.90. The van der Waals surface area contributed by atoms with Crippen LogP contribution >= 0.6 is 0 Å². The average molecular weight is 294 g/mol. The summed E-state index contributed by atoms with van der Waals surface area (Å²) in [5.41, 5.74) is 2.37. The van der Waals surface area contributed by atoms with Crippen molar-refractivity contribution in [2.75, 3.05) is 7.11 Å². The van der Waals surface area contributed by atoms with Crippen LogP contribution in [0.5, 0.6) is 5.75 Å². The minimum Gasteiger partial charge on any atom is -0.496 e. The molecule has 1 rings (SSSR count). The zero-order valence-electron chi connectivity index (χ0n) is 14.0. The molecule has 0 aliphatic carbocycles. The maximum atomic E-state index is 10.1. The third kappa shape index (κ3) is 5.01. The first kappa shape index (κ1) is 18.0. The highest BCUT2D eigenvalue weighted by molar-refractivity contribution is 5.40. The van der Waals surface area contributed by atoms with Crippen LogP contribution in [0.2, 0.25) is 0 Å². The molecule has 0 saturated heterocycles. The van der Waals surface area contributed by atoms with Gasteiger partial charge >= 0.3 is 0 Å². The minimum atomic E-state index is -0.662.